The standard InChI is InChI=1S/C20H20N5O2S/c1-2-24-19(11-15-12-21-17-9-5-4-8-16(15)17)22-23-20(24)28-13-14-7-3-6-10-18(14)25(26)27/h3-10,12,21,26H,2,11,13H2,1H3/q-1. The molecule has 0 aliphatic carbocycles. The summed E-state index contributed by atoms with van der Waals surface area (Å²) in [7, 11) is 0. The Balaban J connectivity index is 1.55. The quantitative estimate of drug-likeness (QED) is 0.357. The topological polar surface area (TPSA) is 93.0 Å². The zero-order chi connectivity index (χ0) is 19.5. The Kier molecular flexibility index (Phi) is 5.34. The summed E-state index contributed by atoms with van der Waals surface area (Å²) < 4.78 is 2.09. The number of H-pyrrole nitrogens is 1. The second kappa shape index (κ2) is 8.05. The van der Waals surface area contributed by atoms with Crippen molar-refractivity contribution in [1.82, 2.24) is 19.7 Å². The van der Waals surface area contributed by atoms with Gasteiger partial charge in [0.2, 0.25) is 0 Å². The molecule has 144 valence electrons. The normalized spacial score (nSPS) is 11.2. The monoisotopic (exact) mass is 394 g/mol. The Labute approximate surface area is 166 Å². The van der Waals surface area contributed by atoms with E-state index in [4.69, 9.17) is 0 Å². The van der Waals surface area contributed by atoms with Crippen LogP contribution in [-0.2, 0) is 18.7 Å². The zero-order valence-corrected chi connectivity index (χ0v) is 16.2. The lowest BCUT2D eigenvalue weighted by Gasteiger charge is -2.24. The van der Waals surface area contributed by atoms with Crippen LogP contribution in [-0.4, -0.2) is 25.0 Å². The lowest BCUT2D eigenvalue weighted by Crippen LogP contribution is -2.09. The van der Waals surface area contributed by atoms with Gasteiger partial charge in [-0.1, -0.05) is 48.2 Å². The van der Waals surface area contributed by atoms with Gasteiger partial charge in [0.05, 0.1) is 5.69 Å². The first-order valence-electron chi connectivity index (χ1n) is 9.01. The molecule has 0 radical (unpaired) electrons. The van der Waals surface area contributed by atoms with Gasteiger partial charge in [-0.25, -0.2) is 0 Å². The highest BCUT2D eigenvalue weighted by molar-refractivity contribution is 7.98. The van der Waals surface area contributed by atoms with Crippen LogP contribution in [0.25, 0.3) is 10.9 Å². The molecule has 4 aromatic rings. The van der Waals surface area contributed by atoms with Gasteiger partial charge >= 0.3 is 0 Å². The van der Waals surface area contributed by atoms with Gasteiger partial charge in [-0.3, -0.25) is 5.21 Å². The second-order valence-corrected chi connectivity index (χ2v) is 7.31. The van der Waals surface area contributed by atoms with Crippen LogP contribution in [0.3, 0.4) is 0 Å². The molecular formula is C20H20N5O2S-. The molecule has 2 aromatic heterocycles. The Morgan fingerprint density at radius 1 is 1.11 bits per heavy atom. The van der Waals surface area contributed by atoms with Crippen molar-refractivity contribution < 1.29 is 5.21 Å². The molecule has 7 nitrogen and oxygen atoms in total. The summed E-state index contributed by atoms with van der Waals surface area (Å²) in [5, 5.41) is 31.2. The summed E-state index contributed by atoms with van der Waals surface area (Å²) in [6, 6.07) is 15.2. The highest BCUT2D eigenvalue weighted by atomic mass is 32.2. The predicted octanol–water partition coefficient (Wildman–Crippen LogP) is 4.36. The molecule has 8 heteroatoms. The molecule has 2 heterocycles. The van der Waals surface area contributed by atoms with Crippen molar-refractivity contribution in [1.29, 1.82) is 0 Å². The third-order valence-corrected chi connectivity index (χ3v) is 5.70. The fraction of sp³-hybridized carbons (Fsp3) is 0.200. The fourth-order valence-corrected chi connectivity index (χ4v) is 4.30. The van der Waals surface area contributed by atoms with Gasteiger partial charge in [0.15, 0.2) is 5.16 Å². The minimum atomic E-state index is -0.0944. The second-order valence-electron chi connectivity index (χ2n) is 6.37. The van der Waals surface area contributed by atoms with Gasteiger partial charge < -0.3 is 20.0 Å². The summed E-state index contributed by atoms with van der Waals surface area (Å²) >= 11 is 1.50. The molecule has 28 heavy (non-hydrogen) atoms. The molecule has 2 aromatic carbocycles. The number of rotatable bonds is 7. The van der Waals surface area contributed by atoms with Crippen LogP contribution in [0, 0.1) is 5.21 Å². The number of nitrogens with one attached hydrogen (secondary N) is 1. The van der Waals surface area contributed by atoms with Gasteiger partial charge in [-0.05, 0) is 30.2 Å². The third kappa shape index (κ3) is 3.62. The number of aromatic amines is 1. The van der Waals surface area contributed by atoms with Crippen LogP contribution in [0.15, 0.2) is 59.9 Å². The Bertz CT molecular complexity index is 1090. The molecular weight excluding hydrogens is 374 g/mol. The van der Waals surface area contributed by atoms with E-state index in [0.29, 0.717) is 12.2 Å². The Hall–Kier alpha value is -2.81. The molecule has 0 unspecified atom stereocenters. The zero-order valence-electron chi connectivity index (χ0n) is 15.4. The minimum absolute atomic E-state index is 0.0944. The first-order chi connectivity index (χ1) is 13.7. The number of benzene rings is 2. The summed E-state index contributed by atoms with van der Waals surface area (Å²) in [5.74, 6) is 1.41. The lowest BCUT2D eigenvalue weighted by molar-refractivity contribution is 0.296. The smallest absolute Gasteiger partial charge is 0.191 e. The van der Waals surface area contributed by atoms with Crippen LogP contribution in [0.5, 0.6) is 0 Å². The number of nitrogens with zero attached hydrogens (tertiary/aromatic N) is 4. The molecule has 4 rings (SSSR count). The summed E-state index contributed by atoms with van der Waals surface area (Å²) in [4.78, 5) is 3.30. The third-order valence-electron chi connectivity index (χ3n) is 4.69. The van der Waals surface area contributed by atoms with Crippen molar-refractivity contribution in [2.75, 3.05) is 5.23 Å². The molecule has 0 aliphatic heterocycles. The van der Waals surface area contributed by atoms with Crippen LogP contribution in [0.2, 0.25) is 0 Å². The summed E-state index contributed by atoms with van der Waals surface area (Å²) in [6.45, 7) is 2.82. The van der Waals surface area contributed by atoms with Crippen molar-refractivity contribution in [3.05, 3.63) is 76.9 Å². The molecule has 0 saturated heterocycles. The highest BCUT2D eigenvalue weighted by Crippen LogP contribution is 2.28. The maximum atomic E-state index is 11.3. The first kappa shape index (κ1) is 18.5. The van der Waals surface area contributed by atoms with E-state index < -0.39 is 0 Å². The molecule has 0 spiro atoms. The van der Waals surface area contributed by atoms with Crippen molar-refractivity contribution in [3.63, 3.8) is 0 Å². The van der Waals surface area contributed by atoms with Crippen molar-refractivity contribution in [2.24, 2.45) is 0 Å². The van der Waals surface area contributed by atoms with Gasteiger partial charge in [-0.2, -0.15) is 0 Å². The van der Waals surface area contributed by atoms with Crippen molar-refractivity contribution in [2.45, 2.75) is 30.8 Å². The van der Waals surface area contributed by atoms with Crippen molar-refractivity contribution in [3.8, 4) is 0 Å². The molecule has 0 fully saturated rings. The van der Waals surface area contributed by atoms with Crippen LogP contribution < -0.4 is 5.23 Å². The molecule has 0 bridgehead atoms. The molecule has 0 saturated carbocycles. The fourth-order valence-electron chi connectivity index (χ4n) is 3.28. The van der Waals surface area contributed by atoms with E-state index in [1.807, 2.05) is 30.5 Å². The largest absolute Gasteiger partial charge is 0.733 e. The van der Waals surface area contributed by atoms with Crippen LogP contribution in [0.4, 0.5) is 5.69 Å². The van der Waals surface area contributed by atoms with E-state index in [2.05, 4.69) is 38.8 Å². The maximum Gasteiger partial charge on any atom is 0.191 e. The number of fused-ring (bicyclic) bond motifs is 1. The molecule has 0 amide bonds. The summed E-state index contributed by atoms with van der Waals surface area (Å²) in [6.07, 6.45) is 2.71. The highest BCUT2D eigenvalue weighted by Gasteiger charge is 2.14. The van der Waals surface area contributed by atoms with E-state index in [1.165, 1.54) is 22.7 Å². The van der Waals surface area contributed by atoms with E-state index in [1.54, 1.807) is 12.1 Å². The predicted molar refractivity (Wildman–Crippen MR) is 110 cm³/mol. The molecule has 0 aliphatic rings. The minimum Gasteiger partial charge on any atom is -0.733 e. The molecule has 2 N–H and O–H groups in total. The maximum absolute atomic E-state index is 11.3. The number of thioether (sulfide) groups is 1. The number of para-hydroxylation sites is 2. The average molecular weight is 394 g/mol. The SMILES string of the molecule is CCn1c(Cc2c[nH]c3ccccc23)nnc1SCc1ccccc1N([O-])O. The number of anilines is 1. The van der Waals surface area contributed by atoms with Gasteiger partial charge in [0, 0.05) is 35.8 Å². The van der Waals surface area contributed by atoms with Gasteiger partial charge in [0.25, 0.3) is 0 Å². The summed E-state index contributed by atoms with van der Waals surface area (Å²) in [5.41, 5.74) is 3.28. The van der Waals surface area contributed by atoms with E-state index in [-0.39, 0.29) is 10.9 Å². The van der Waals surface area contributed by atoms with Crippen LogP contribution in [0.1, 0.15) is 23.9 Å². The van der Waals surface area contributed by atoms with Gasteiger partial charge in [0.1, 0.15) is 5.82 Å². The Morgan fingerprint density at radius 2 is 1.89 bits per heavy atom. The Morgan fingerprint density at radius 3 is 2.71 bits per heavy atom. The number of hydrogen-bond donors (Lipinski definition) is 2. The first-order valence-corrected chi connectivity index (χ1v) is 10.00. The van der Waals surface area contributed by atoms with Crippen LogP contribution >= 0.6 is 11.8 Å². The van der Waals surface area contributed by atoms with E-state index in [9.17, 15) is 10.4 Å². The lowest BCUT2D eigenvalue weighted by atomic mass is 10.1. The molecule has 0 atom stereocenters. The van der Waals surface area contributed by atoms with E-state index in [0.717, 1.165) is 28.6 Å². The van der Waals surface area contributed by atoms with E-state index >= 15 is 0 Å². The van der Waals surface area contributed by atoms with Crippen molar-refractivity contribution >= 4 is 28.4 Å². The van der Waals surface area contributed by atoms with Gasteiger partial charge in [-0.15, -0.1) is 10.2 Å². The number of aromatic nitrogens is 4. The number of hydrogen-bond acceptors (Lipinski definition) is 6. The average Bonchev–Trinajstić information content (AvgIpc) is 3.30.